The molecule has 0 spiro atoms. The summed E-state index contributed by atoms with van der Waals surface area (Å²) in [6, 6.07) is 11.3. The molecule has 7 heteroatoms. The molecule has 0 fully saturated rings. The molecular formula is C15H10ClN5O. The third-order valence-electron chi connectivity index (χ3n) is 3.32. The van der Waals surface area contributed by atoms with Crippen LogP contribution in [0.15, 0.2) is 53.4 Å². The van der Waals surface area contributed by atoms with Crippen molar-refractivity contribution in [2.45, 2.75) is 6.42 Å². The Hall–Kier alpha value is -2.73. The number of rotatable bonds is 3. The average Bonchev–Trinajstić information content (AvgIpc) is 3.17. The third-order valence-corrected chi connectivity index (χ3v) is 3.69. The maximum absolute atomic E-state index is 6.14. The summed E-state index contributed by atoms with van der Waals surface area (Å²) in [7, 11) is 0. The van der Waals surface area contributed by atoms with E-state index in [2.05, 4.69) is 20.3 Å². The lowest BCUT2D eigenvalue weighted by atomic mass is 10.1. The summed E-state index contributed by atoms with van der Waals surface area (Å²) in [5.74, 6) is 1.05. The first-order valence-electron chi connectivity index (χ1n) is 6.65. The van der Waals surface area contributed by atoms with E-state index in [-0.39, 0.29) is 0 Å². The topological polar surface area (TPSA) is 69.1 Å². The van der Waals surface area contributed by atoms with Crippen LogP contribution in [-0.4, -0.2) is 24.7 Å². The molecule has 0 unspecified atom stereocenters. The second-order valence-electron chi connectivity index (χ2n) is 4.79. The van der Waals surface area contributed by atoms with Crippen LogP contribution in [0.25, 0.3) is 17.0 Å². The highest BCUT2D eigenvalue weighted by Crippen LogP contribution is 2.21. The summed E-state index contributed by atoms with van der Waals surface area (Å²) in [6.45, 7) is 0. The molecule has 0 atom stereocenters. The SMILES string of the molecule is Clc1ccccc1Cc1nc(-c2ccc3nncn3c2)no1. The van der Waals surface area contributed by atoms with E-state index in [1.165, 1.54) is 0 Å². The molecule has 0 aliphatic rings. The lowest BCUT2D eigenvalue weighted by Gasteiger charge is -1.99. The maximum atomic E-state index is 6.14. The Balaban J connectivity index is 1.64. The highest BCUT2D eigenvalue weighted by Gasteiger charge is 2.11. The van der Waals surface area contributed by atoms with Crippen molar-refractivity contribution in [2.24, 2.45) is 0 Å². The van der Waals surface area contributed by atoms with Gasteiger partial charge in [0.1, 0.15) is 6.33 Å². The molecule has 4 rings (SSSR count). The fraction of sp³-hybridized carbons (Fsp3) is 0.0667. The quantitative estimate of drug-likeness (QED) is 0.581. The summed E-state index contributed by atoms with van der Waals surface area (Å²) in [6.07, 6.45) is 3.99. The van der Waals surface area contributed by atoms with E-state index >= 15 is 0 Å². The molecule has 6 nitrogen and oxygen atoms in total. The van der Waals surface area contributed by atoms with Gasteiger partial charge in [0.05, 0.1) is 6.42 Å². The molecule has 0 saturated heterocycles. The second-order valence-corrected chi connectivity index (χ2v) is 5.20. The molecule has 108 valence electrons. The fourth-order valence-electron chi connectivity index (χ4n) is 2.21. The number of benzene rings is 1. The molecule has 0 aliphatic heterocycles. The zero-order valence-corrected chi connectivity index (χ0v) is 12.1. The largest absolute Gasteiger partial charge is 0.339 e. The number of pyridine rings is 1. The molecular weight excluding hydrogens is 302 g/mol. The zero-order chi connectivity index (χ0) is 14.9. The molecule has 22 heavy (non-hydrogen) atoms. The standard InChI is InChI=1S/C15H10ClN5O/c16-12-4-2-1-3-10(12)7-14-18-15(20-22-14)11-5-6-13-19-17-9-21(13)8-11/h1-6,8-9H,7H2. The molecule has 1 aromatic carbocycles. The summed E-state index contributed by atoms with van der Waals surface area (Å²) in [5, 5.41) is 12.5. The van der Waals surface area contributed by atoms with Gasteiger partial charge in [0.15, 0.2) is 5.65 Å². The highest BCUT2D eigenvalue weighted by molar-refractivity contribution is 6.31. The van der Waals surface area contributed by atoms with Gasteiger partial charge in [-0.1, -0.05) is 35.0 Å². The van der Waals surface area contributed by atoms with Crippen LogP contribution in [0.4, 0.5) is 0 Å². The Labute approximate surface area is 130 Å². The summed E-state index contributed by atoms with van der Waals surface area (Å²) in [4.78, 5) is 4.42. The van der Waals surface area contributed by atoms with Crippen molar-refractivity contribution in [1.82, 2.24) is 24.7 Å². The monoisotopic (exact) mass is 311 g/mol. The normalized spacial score (nSPS) is 11.1. The van der Waals surface area contributed by atoms with E-state index in [9.17, 15) is 0 Å². The van der Waals surface area contributed by atoms with Crippen molar-refractivity contribution in [1.29, 1.82) is 0 Å². The second kappa shape index (κ2) is 5.23. The Morgan fingerprint density at radius 3 is 2.95 bits per heavy atom. The van der Waals surface area contributed by atoms with Crippen molar-refractivity contribution in [3.8, 4) is 11.4 Å². The van der Waals surface area contributed by atoms with Gasteiger partial charge in [-0.2, -0.15) is 4.98 Å². The lowest BCUT2D eigenvalue weighted by molar-refractivity contribution is 0.385. The molecule has 0 saturated carbocycles. The van der Waals surface area contributed by atoms with Gasteiger partial charge in [-0.3, -0.25) is 4.40 Å². The molecule has 0 aliphatic carbocycles. The number of fused-ring (bicyclic) bond motifs is 1. The van der Waals surface area contributed by atoms with E-state index in [0.29, 0.717) is 23.2 Å². The molecule has 0 N–H and O–H groups in total. The highest BCUT2D eigenvalue weighted by atomic mass is 35.5. The Morgan fingerprint density at radius 1 is 1.14 bits per heavy atom. The van der Waals surface area contributed by atoms with Gasteiger partial charge in [-0.05, 0) is 23.8 Å². The Kier molecular flexibility index (Phi) is 3.08. The van der Waals surface area contributed by atoms with Crippen molar-refractivity contribution in [3.63, 3.8) is 0 Å². The number of hydrogen-bond donors (Lipinski definition) is 0. The first-order chi connectivity index (χ1) is 10.8. The zero-order valence-electron chi connectivity index (χ0n) is 11.3. The molecule has 3 aromatic heterocycles. The van der Waals surface area contributed by atoms with Crippen LogP contribution in [0.3, 0.4) is 0 Å². The minimum Gasteiger partial charge on any atom is -0.339 e. The number of halogens is 1. The fourth-order valence-corrected chi connectivity index (χ4v) is 2.41. The predicted molar refractivity (Wildman–Crippen MR) is 80.5 cm³/mol. The Morgan fingerprint density at radius 2 is 2.05 bits per heavy atom. The minimum absolute atomic E-state index is 0.502. The van der Waals surface area contributed by atoms with Gasteiger partial charge in [0, 0.05) is 16.8 Å². The van der Waals surface area contributed by atoms with Gasteiger partial charge in [0.2, 0.25) is 11.7 Å². The van der Waals surface area contributed by atoms with Crippen LogP contribution >= 0.6 is 11.6 Å². The van der Waals surface area contributed by atoms with Gasteiger partial charge < -0.3 is 4.52 Å². The van der Waals surface area contributed by atoms with E-state index in [4.69, 9.17) is 16.1 Å². The molecule has 0 amide bonds. The molecule has 0 radical (unpaired) electrons. The van der Waals surface area contributed by atoms with Crippen LogP contribution in [0.5, 0.6) is 0 Å². The molecule has 0 bridgehead atoms. The summed E-state index contributed by atoms with van der Waals surface area (Å²) >= 11 is 6.14. The maximum Gasteiger partial charge on any atom is 0.231 e. The van der Waals surface area contributed by atoms with Crippen LogP contribution in [0.1, 0.15) is 11.5 Å². The van der Waals surface area contributed by atoms with Crippen LogP contribution in [0.2, 0.25) is 5.02 Å². The van der Waals surface area contributed by atoms with E-state index in [1.807, 2.05) is 42.6 Å². The smallest absolute Gasteiger partial charge is 0.231 e. The first kappa shape index (κ1) is 13.0. The number of aromatic nitrogens is 5. The summed E-state index contributed by atoms with van der Waals surface area (Å²) in [5.41, 5.74) is 2.55. The number of nitrogens with zero attached hydrogens (tertiary/aromatic N) is 5. The predicted octanol–water partition coefficient (Wildman–Crippen LogP) is 3.02. The van der Waals surface area contributed by atoms with Crippen LogP contribution in [0, 0.1) is 0 Å². The van der Waals surface area contributed by atoms with Gasteiger partial charge >= 0.3 is 0 Å². The van der Waals surface area contributed by atoms with Crippen molar-refractivity contribution < 1.29 is 4.52 Å². The number of hydrogen-bond acceptors (Lipinski definition) is 5. The molecule has 3 heterocycles. The average molecular weight is 312 g/mol. The van der Waals surface area contributed by atoms with E-state index < -0.39 is 0 Å². The third kappa shape index (κ3) is 2.33. The first-order valence-corrected chi connectivity index (χ1v) is 7.03. The minimum atomic E-state index is 0.502. The van der Waals surface area contributed by atoms with Gasteiger partial charge in [-0.15, -0.1) is 10.2 Å². The van der Waals surface area contributed by atoms with Crippen molar-refractivity contribution in [2.75, 3.05) is 0 Å². The molecule has 4 aromatic rings. The van der Waals surface area contributed by atoms with Crippen LogP contribution < -0.4 is 0 Å². The van der Waals surface area contributed by atoms with Crippen molar-refractivity contribution >= 4 is 17.2 Å². The summed E-state index contributed by atoms with van der Waals surface area (Å²) < 4.78 is 7.12. The van der Waals surface area contributed by atoms with Gasteiger partial charge in [0.25, 0.3) is 0 Å². The van der Waals surface area contributed by atoms with Gasteiger partial charge in [-0.25, -0.2) is 0 Å². The van der Waals surface area contributed by atoms with Crippen LogP contribution in [-0.2, 0) is 6.42 Å². The van der Waals surface area contributed by atoms with E-state index in [0.717, 1.165) is 16.8 Å². The lowest BCUT2D eigenvalue weighted by Crippen LogP contribution is -1.90. The van der Waals surface area contributed by atoms with Crippen molar-refractivity contribution in [3.05, 3.63) is 65.4 Å². The van der Waals surface area contributed by atoms with E-state index in [1.54, 1.807) is 10.7 Å². The Bertz CT molecular complexity index is 946.